The van der Waals surface area contributed by atoms with E-state index in [-0.39, 0.29) is 17.5 Å². The molecule has 0 aliphatic carbocycles. The van der Waals surface area contributed by atoms with E-state index in [0.717, 1.165) is 49.6 Å². The molecule has 1 aromatic heterocycles. The standard InChI is InChI=1S/C31H28Br2N4O3/c32-22-8-6-20(7-9-22)27-19-26(35-37(27)28(38)12-13-36-14-16-40-17-15-36)30-29(21-4-2-1-3-5-21)24-18-23(33)10-11-25(24)34-31(30)39/h1-11,18,27H,12-17,19H2,(H,34,39). The number of carbonyl (C=O) groups excluding carboxylic acids is 1. The molecule has 6 rings (SSSR count). The summed E-state index contributed by atoms with van der Waals surface area (Å²) in [6, 6.07) is 23.4. The number of hydrazone groups is 1. The highest BCUT2D eigenvalue weighted by atomic mass is 79.9. The number of pyridine rings is 1. The van der Waals surface area contributed by atoms with Crippen molar-refractivity contribution in [3.8, 4) is 11.1 Å². The molecule has 1 saturated heterocycles. The van der Waals surface area contributed by atoms with Crippen molar-refractivity contribution < 1.29 is 9.53 Å². The second kappa shape index (κ2) is 11.8. The minimum Gasteiger partial charge on any atom is -0.379 e. The molecule has 40 heavy (non-hydrogen) atoms. The number of halogens is 2. The fourth-order valence-corrected chi connectivity index (χ4v) is 6.10. The van der Waals surface area contributed by atoms with Crippen molar-refractivity contribution in [2.45, 2.75) is 18.9 Å². The predicted molar refractivity (Wildman–Crippen MR) is 164 cm³/mol. The van der Waals surface area contributed by atoms with Crippen molar-refractivity contribution in [3.05, 3.63) is 103 Å². The molecular weight excluding hydrogens is 636 g/mol. The van der Waals surface area contributed by atoms with Gasteiger partial charge in [-0.25, -0.2) is 5.01 Å². The topological polar surface area (TPSA) is 78.0 Å². The second-order valence-electron chi connectivity index (χ2n) is 10.0. The molecule has 3 aromatic carbocycles. The van der Waals surface area contributed by atoms with E-state index in [1.807, 2.05) is 72.8 Å². The highest BCUT2D eigenvalue weighted by Gasteiger charge is 2.35. The molecule has 0 spiro atoms. The molecular formula is C31H28Br2N4O3. The van der Waals surface area contributed by atoms with Gasteiger partial charge in [0.2, 0.25) is 5.91 Å². The number of hydrogen-bond donors (Lipinski definition) is 1. The Labute approximate surface area is 249 Å². The highest BCUT2D eigenvalue weighted by molar-refractivity contribution is 9.10. The summed E-state index contributed by atoms with van der Waals surface area (Å²) in [4.78, 5) is 32.7. The van der Waals surface area contributed by atoms with E-state index >= 15 is 0 Å². The Morgan fingerprint density at radius 2 is 1.68 bits per heavy atom. The van der Waals surface area contributed by atoms with Crippen LogP contribution in [0.5, 0.6) is 0 Å². The molecule has 3 heterocycles. The van der Waals surface area contributed by atoms with E-state index in [0.29, 0.717) is 43.9 Å². The zero-order valence-corrected chi connectivity index (χ0v) is 24.9. The second-order valence-corrected chi connectivity index (χ2v) is 11.9. The molecule has 0 bridgehead atoms. The summed E-state index contributed by atoms with van der Waals surface area (Å²) in [5.41, 5.74) is 4.35. The first kappa shape index (κ1) is 27.1. The Morgan fingerprint density at radius 3 is 2.42 bits per heavy atom. The van der Waals surface area contributed by atoms with Gasteiger partial charge in [0, 0.05) is 57.9 Å². The zero-order chi connectivity index (χ0) is 27.6. The van der Waals surface area contributed by atoms with Gasteiger partial charge in [-0.3, -0.25) is 14.5 Å². The summed E-state index contributed by atoms with van der Waals surface area (Å²) < 4.78 is 7.33. The van der Waals surface area contributed by atoms with Crippen molar-refractivity contribution in [1.82, 2.24) is 14.9 Å². The summed E-state index contributed by atoms with van der Waals surface area (Å²) in [7, 11) is 0. The molecule has 0 radical (unpaired) electrons. The van der Waals surface area contributed by atoms with Crippen LogP contribution in [0, 0.1) is 0 Å². The monoisotopic (exact) mass is 662 g/mol. The van der Waals surface area contributed by atoms with E-state index < -0.39 is 0 Å². The van der Waals surface area contributed by atoms with Crippen molar-refractivity contribution in [2.24, 2.45) is 5.10 Å². The molecule has 204 valence electrons. The number of amides is 1. The number of fused-ring (bicyclic) bond motifs is 1. The van der Waals surface area contributed by atoms with Crippen LogP contribution in [-0.4, -0.2) is 59.4 Å². The predicted octanol–water partition coefficient (Wildman–Crippen LogP) is 6.12. The largest absolute Gasteiger partial charge is 0.379 e. The van der Waals surface area contributed by atoms with E-state index in [1.165, 1.54) is 0 Å². The first-order valence-electron chi connectivity index (χ1n) is 13.3. The van der Waals surface area contributed by atoms with Crippen LogP contribution < -0.4 is 5.56 Å². The van der Waals surface area contributed by atoms with Gasteiger partial charge in [0.15, 0.2) is 0 Å². The Bertz CT molecular complexity index is 1630. The highest BCUT2D eigenvalue weighted by Crippen LogP contribution is 2.38. The van der Waals surface area contributed by atoms with Crippen LogP contribution in [0.3, 0.4) is 0 Å². The number of benzene rings is 3. The summed E-state index contributed by atoms with van der Waals surface area (Å²) in [6.07, 6.45) is 0.781. The molecule has 1 unspecified atom stereocenters. The maximum absolute atomic E-state index is 13.7. The Balaban J connectivity index is 1.44. The minimum atomic E-state index is -0.304. The van der Waals surface area contributed by atoms with E-state index in [1.54, 1.807) is 5.01 Å². The van der Waals surface area contributed by atoms with Gasteiger partial charge >= 0.3 is 0 Å². The third-order valence-electron chi connectivity index (χ3n) is 7.49. The molecule has 1 fully saturated rings. The van der Waals surface area contributed by atoms with Crippen LogP contribution in [-0.2, 0) is 9.53 Å². The molecule has 7 nitrogen and oxygen atoms in total. The Morgan fingerprint density at radius 1 is 0.950 bits per heavy atom. The van der Waals surface area contributed by atoms with Gasteiger partial charge in [0.05, 0.1) is 30.5 Å². The number of aromatic nitrogens is 1. The lowest BCUT2D eigenvalue weighted by molar-refractivity contribution is -0.133. The quantitative estimate of drug-likeness (QED) is 0.270. The normalized spacial score (nSPS) is 17.8. The third-order valence-corrected chi connectivity index (χ3v) is 8.52. The summed E-state index contributed by atoms with van der Waals surface area (Å²) in [5, 5.41) is 7.40. The van der Waals surface area contributed by atoms with Crippen molar-refractivity contribution in [2.75, 3.05) is 32.8 Å². The van der Waals surface area contributed by atoms with Gasteiger partial charge in [-0.2, -0.15) is 5.10 Å². The maximum Gasteiger partial charge on any atom is 0.258 e. The van der Waals surface area contributed by atoms with Gasteiger partial charge in [-0.15, -0.1) is 0 Å². The van der Waals surface area contributed by atoms with Crippen LogP contribution in [0.25, 0.3) is 22.0 Å². The lowest BCUT2D eigenvalue weighted by Gasteiger charge is -2.27. The van der Waals surface area contributed by atoms with Crippen LogP contribution in [0.2, 0.25) is 0 Å². The van der Waals surface area contributed by atoms with Gasteiger partial charge in [-0.1, -0.05) is 74.3 Å². The van der Waals surface area contributed by atoms with Crippen LogP contribution >= 0.6 is 31.9 Å². The van der Waals surface area contributed by atoms with Crippen molar-refractivity contribution >= 4 is 54.4 Å². The number of H-pyrrole nitrogens is 1. The number of carbonyl (C=O) groups is 1. The summed E-state index contributed by atoms with van der Waals surface area (Å²) >= 11 is 7.11. The lowest BCUT2D eigenvalue weighted by Crippen LogP contribution is -2.39. The molecule has 9 heteroatoms. The molecule has 0 saturated carbocycles. The fourth-order valence-electron chi connectivity index (χ4n) is 5.47. The fraction of sp³-hybridized carbons (Fsp3) is 0.258. The lowest BCUT2D eigenvalue weighted by atomic mass is 9.91. The number of ether oxygens (including phenoxy) is 1. The van der Waals surface area contributed by atoms with Gasteiger partial charge < -0.3 is 9.72 Å². The zero-order valence-electron chi connectivity index (χ0n) is 21.8. The first-order chi connectivity index (χ1) is 19.5. The third kappa shape index (κ3) is 5.56. The minimum absolute atomic E-state index is 0.0596. The SMILES string of the molecule is O=C(CCN1CCOCC1)N1N=C(c2c(-c3ccccc3)c3cc(Br)ccc3[nH]c2=O)CC1c1ccc(Br)cc1. The van der Waals surface area contributed by atoms with Crippen molar-refractivity contribution in [1.29, 1.82) is 0 Å². The average molecular weight is 664 g/mol. The maximum atomic E-state index is 13.7. The molecule has 1 atom stereocenters. The van der Waals surface area contributed by atoms with Crippen LogP contribution in [0.15, 0.2) is 91.6 Å². The smallest absolute Gasteiger partial charge is 0.258 e. The van der Waals surface area contributed by atoms with E-state index in [2.05, 4.69) is 41.7 Å². The molecule has 2 aliphatic rings. The molecule has 4 aromatic rings. The Kier molecular flexibility index (Phi) is 7.98. The van der Waals surface area contributed by atoms with Crippen molar-refractivity contribution in [3.63, 3.8) is 0 Å². The van der Waals surface area contributed by atoms with E-state index in [9.17, 15) is 9.59 Å². The summed E-state index contributed by atoms with van der Waals surface area (Å²) in [6.45, 7) is 3.66. The van der Waals surface area contributed by atoms with Gasteiger partial charge in [0.1, 0.15) is 0 Å². The summed E-state index contributed by atoms with van der Waals surface area (Å²) in [5.74, 6) is -0.0596. The number of hydrogen-bond acceptors (Lipinski definition) is 5. The van der Waals surface area contributed by atoms with Gasteiger partial charge in [0.25, 0.3) is 5.56 Å². The number of morpholine rings is 1. The van der Waals surface area contributed by atoms with Gasteiger partial charge in [-0.05, 0) is 41.5 Å². The van der Waals surface area contributed by atoms with Crippen LogP contribution in [0.1, 0.15) is 30.0 Å². The molecule has 2 aliphatic heterocycles. The number of nitrogens with one attached hydrogen (secondary N) is 1. The Hall–Kier alpha value is -3.11. The first-order valence-corrected chi connectivity index (χ1v) is 14.9. The number of aromatic amines is 1. The average Bonchev–Trinajstić information content (AvgIpc) is 3.42. The molecule has 1 N–H and O–H groups in total. The molecule has 1 amide bonds. The van der Waals surface area contributed by atoms with E-state index in [4.69, 9.17) is 9.84 Å². The number of rotatable bonds is 6. The van der Waals surface area contributed by atoms with Crippen LogP contribution in [0.4, 0.5) is 0 Å². The number of nitrogens with zero attached hydrogens (tertiary/aromatic N) is 3.